The zero-order chi connectivity index (χ0) is 12.8. The van der Waals surface area contributed by atoms with Gasteiger partial charge in [0.2, 0.25) is 11.6 Å². The van der Waals surface area contributed by atoms with E-state index < -0.39 is 29.0 Å². The number of alkyl halides is 3. The maximum Gasteiger partial charge on any atom is 0.438 e. The van der Waals surface area contributed by atoms with E-state index in [1.54, 1.807) is 0 Å². The molecule has 0 saturated carbocycles. The molecule has 0 aliphatic rings. The Morgan fingerprint density at radius 3 is 2.53 bits per heavy atom. The molecule has 2 aromatic rings. The average molecular weight is 247 g/mol. The third-order valence-corrected chi connectivity index (χ3v) is 2.09. The van der Waals surface area contributed by atoms with Crippen LogP contribution in [0.15, 0.2) is 10.9 Å². The van der Waals surface area contributed by atoms with E-state index in [0.717, 1.165) is 0 Å². The Hall–Kier alpha value is -1.99. The normalized spacial score (nSPS) is 12.1. The third kappa shape index (κ3) is 1.97. The fourth-order valence-electron chi connectivity index (χ4n) is 1.28. The lowest BCUT2D eigenvalue weighted by Crippen LogP contribution is -2.16. The summed E-state index contributed by atoms with van der Waals surface area (Å²) in [5, 5.41) is 0. The van der Waals surface area contributed by atoms with Crippen LogP contribution in [0.3, 0.4) is 0 Å². The van der Waals surface area contributed by atoms with Crippen LogP contribution in [-0.2, 0) is 6.18 Å². The molecule has 2 aromatic heterocycles. The molecule has 0 radical (unpaired) electrons. The summed E-state index contributed by atoms with van der Waals surface area (Å²) in [6.45, 7) is 1.43. The van der Waals surface area contributed by atoms with E-state index in [4.69, 9.17) is 0 Å². The molecule has 0 atom stereocenters. The maximum atomic E-state index is 13.1. The van der Waals surface area contributed by atoms with Crippen molar-refractivity contribution in [2.75, 3.05) is 0 Å². The van der Waals surface area contributed by atoms with Crippen molar-refractivity contribution < 1.29 is 17.6 Å². The number of nitrogens with one attached hydrogen (secondary N) is 1. The second-order valence-corrected chi connectivity index (χ2v) is 3.38. The van der Waals surface area contributed by atoms with Crippen molar-refractivity contribution >= 4 is 11.2 Å². The Morgan fingerprint density at radius 1 is 1.29 bits per heavy atom. The molecule has 2 rings (SSSR count). The molecular weight excluding hydrogens is 242 g/mol. The number of rotatable bonds is 0. The Balaban J connectivity index is 2.81. The van der Waals surface area contributed by atoms with Gasteiger partial charge in [0.25, 0.3) is 5.56 Å². The van der Waals surface area contributed by atoms with Gasteiger partial charge in [-0.25, -0.2) is 9.97 Å². The van der Waals surface area contributed by atoms with E-state index >= 15 is 0 Å². The van der Waals surface area contributed by atoms with Crippen LogP contribution in [0.25, 0.3) is 11.2 Å². The first-order valence-electron chi connectivity index (χ1n) is 4.43. The minimum atomic E-state index is -4.95. The molecule has 0 aromatic carbocycles. The topological polar surface area (TPSA) is 58.6 Å². The summed E-state index contributed by atoms with van der Waals surface area (Å²) in [5.74, 6) is -1.71. The van der Waals surface area contributed by atoms with Crippen LogP contribution in [0, 0.1) is 12.9 Å². The number of hydrogen-bond donors (Lipinski definition) is 1. The molecule has 90 valence electrons. The summed E-state index contributed by atoms with van der Waals surface area (Å²) in [5.41, 5.74) is -2.65. The van der Waals surface area contributed by atoms with Crippen molar-refractivity contribution in [3.8, 4) is 0 Å². The highest BCUT2D eigenvalue weighted by atomic mass is 19.4. The molecular formula is C9H5F4N3O. The Kier molecular flexibility index (Phi) is 2.37. The molecule has 0 fully saturated rings. The van der Waals surface area contributed by atoms with E-state index in [-0.39, 0.29) is 11.1 Å². The van der Waals surface area contributed by atoms with Gasteiger partial charge in [0.15, 0.2) is 5.65 Å². The van der Waals surface area contributed by atoms with Gasteiger partial charge in [-0.2, -0.15) is 17.6 Å². The third-order valence-electron chi connectivity index (χ3n) is 2.09. The van der Waals surface area contributed by atoms with Gasteiger partial charge in [0, 0.05) is 5.56 Å². The summed E-state index contributed by atoms with van der Waals surface area (Å²) >= 11 is 0. The SMILES string of the molecule is Cc1cc2nc(F)c(C(F)(F)F)nc2[nH]c1=O. The fraction of sp³-hybridized carbons (Fsp3) is 0.222. The Morgan fingerprint density at radius 2 is 1.94 bits per heavy atom. The zero-order valence-corrected chi connectivity index (χ0v) is 8.39. The summed E-state index contributed by atoms with van der Waals surface area (Å²) in [6.07, 6.45) is -4.95. The molecule has 0 unspecified atom stereocenters. The smallest absolute Gasteiger partial charge is 0.305 e. The number of pyridine rings is 1. The first-order chi connectivity index (χ1) is 7.79. The summed E-state index contributed by atoms with van der Waals surface area (Å²) in [7, 11) is 0. The molecule has 0 spiro atoms. The number of aromatic amines is 1. The van der Waals surface area contributed by atoms with Crippen molar-refractivity contribution in [2.45, 2.75) is 13.1 Å². The number of nitrogens with zero attached hydrogens (tertiary/aromatic N) is 2. The standard InChI is InChI=1S/C9H5F4N3O/c1-3-2-4-7(16-8(3)17)15-5(6(10)14-4)9(11,12)13/h2H,1H3,(H,15,16,17). The molecule has 0 saturated heterocycles. The quantitative estimate of drug-likeness (QED) is 0.722. The molecule has 0 amide bonds. The van der Waals surface area contributed by atoms with Gasteiger partial charge in [-0.1, -0.05) is 0 Å². The number of hydrogen-bond acceptors (Lipinski definition) is 3. The van der Waals surface area contributed by atoms with Crippen molar-refractivity contribution in [2.24, 2.45) is 0 Å². The molecule has 0 bridgehead atoms. The lowest BCUT2D eigenvalue weighted by molar-refractivity contribution is -0.143. The predicted octanol–water partition coefficient (Wildman–Crippen LogP) is 1.78. The minimum Gasteiger partial charge on any atom is -0.305 e. The van der Waals surface area contributed by atoms with Gasteiger partial charge >= 0.3 is 6.18 Å². The monoisotopic (exact) mass is 247 g/mol. The number of fused-ring (bicyclic) bond motifs is 1. The number of aryl methyl sites for hydroxylation is 1. The molecule has 2 heterocycles. The molecule has 4 nitrogen and oxygen atoms in total. The number of H-pyrrole nitrogens is 1. The molecule has 0 aliphatic heterocycles. The first-order valence-corrected chi connectivity index (χ1v) is 4.43. The molecule has 0 aliphatic carbocycles. The van der Waals surface area contributed by atoms with Gasteiger partial charge in [0.05, 0.1) is 0 Å². The van der Waals surface area contributed by atoms with Crippen molar-refractivity contribution in [3.05, 3.63) is 33.6 Å². The lowest BCUT2D eigenvalue weighted by Gasteiger charge is -2.07. The highest BCUT2D eigenvalue weighted by Crippen LogP contribution is 2.29. The molecule has 1 N–H and O–H groups in total. The fourth-order valence-corrected chi connectivity index (χ4v) is 1.28. The Labute approximate surface area is 91.3 Å². The van der Waals surface area contributed by atoms with Gasteiger partial charge in [-0.15, -0.1) is 0 Å². The average Bonchev–Trinajstić information content (AvgIpc) is 2.18. The van der Waals surface area contributed by atoms with Gasteiger partial charge in [-0.3, -0.25) is 4.79 Å². The van der Waals surface area contributed by atoms with Crippen LogP contribution in [0.2, 0.25) is 0 Å². The molecule has 8 heteroatoms. The predicted molar refractivity (Wildman–Crippen MR) is 49.9 cm³/mol. The van der Waals surface area contributed by atoms with Gasteiger partial charge in [-0.05, 0) is 13.0 Å². The van der Waals surface area contributed by atoms with E-state index in [2.05, 4.69) is 15.0 Å². The van der Waals surface area contributed by atoms with Gasteiger partial charge < -0.3 is 4.98 Å². The second kappa shape index (κ2) is 3.51. The first kappa shape index (κ1) is 11.5. The van der Waals surface area contributed by atoms with E-state index in [9.17, 15) is 22.4 Å². The summed E-state index contributed by atoms with van der Waals surface area (Å²) in [4.78, 5) is 19.4. The summed E-state index contributed by atoms with van der Waals surface area (Å²) in [6, 6.07) is 1.17. The van der Waals surface area contributed by atoms with Crippen LogP contribution in [0.5, 0.6) is 0 Å². The van der Waals surface area contributed by atoms with Crippen LogP contribution in [-0.4, -0.2) is 15.0 Å². The van der Waals surface area contributed by atoms with Crippen LogP contribution in [0.1, 0.15) is 11.3 Å². The van der Waals surface area contributed by atoms with Crippen molar-refractivity contribution in [1.82, 2.24) is 15.0 Å². The van der Waals surface area contributed by atoms with Crippen molar-refractivity contribution in [3.63, 3.8) is 0 Å². The largest absolute Gasteiger partial charge is 0.438 e. The highest BCUT2D eigenvalue weighted by Gasteiger charge is 2.37. The van der Waals surface area contributed by atoms with E-state index in [1.807, 2.05) is 0 Å². The molecule has 17 heavy (non-hydrogen) atoms. The van der Waals surface area contributed by atoms with E-state index in [0.29, 0.717) is 0 Å². The van der Waals surface area contributed by atoms with Crippen LogP contribution in [0.4, 0.5) is 17.6 Å². The van der Waals surface area contributed by atoms with E-state index in [1.165, 1.54) is 13.0 Å². The summed E-state index contributed by atoms with van der Waals surface area (Å²) < 4.78 is 50.0. The minimum absolute atomic E-state index is 0.132. The van der Waals surface area contributed by atoms with Gasteiger partial charge in [0.1, 0.15) is 5.52 Å². The van der Waals surface area contributed by atoms with Crippen molar-refractivity contribution in [1.29, 1.82) is 0 Å². The zero-order valence-electron chi connectivity index (χ0n) is 8.39. The highest BCUT2D eigenvalue weighted by molar-refractivity contribution is 5.69. The number of aromatic nitrogens is 3. The lowest BCUT2D eigenvalue weighted by atomic mass is 10.3. The number of halogens is 4. The Bertz CT molecular complexity index is 647. The second-order valence-electron chi connectivity index (χ2n) is 3.38. The van der Waals surface area contributed by atoms with Crippen LogP contribution < -0.4 is 5.56 Å². The van der Waals surface area contributed by atoms with Crippen LogP contribution >= 0.6 is 0 Å². The maximum absolute atomic E-state index is 13.1.